The number of anilines is 1. The molecule has 0 unspecified atom stereocenters. The third-order valence-corrected chi connectivity index (χ3v) is 6.07. The number of benzene rings is 1. The van der Waals surface area contributed by atoms with E-state index in [0.717, 1.165) is 50.0 Å². The molecule has 0 aliphatic carbocycles. The fraction of sp³-hybridized carbons (Fsp3) is 0.591. The highest BCUT2D eigenvalue weighted by Gasteiger charge is 2.15. The molecule has 2 aromatic rings. The summed E-state index contributed by atoms with van der Waals surface area (Å²) in [6.45, 7) is 6.88. The quantitative estimate of drug-likeness (QED) is 0.453. The van der Waals surface area contributed by atoms with E-state index in [2.05, 4.69) is 19.6 Å². The minimum atomic E-state index is -0.259. The second-order valence-corrected chi connectivity index (χ2v) is 8.41. The normalized spacial score (nSPS) is 14.4. The van der Waals surface area contributed by atoms with Crippen LogP contribution >= 0.6 is 11.5 Å². The molecule has 1 aromatic carbocycles. The Morgan fingerprint density at radius 1 is 1.28 bits per heavy atom. The highest BCUT2D eigenvalue weighted by molar-refractivity contribution is 7.09. The molecule has 2 heterocycles. The molecule has 1 fully saturated rings. The maximum Gasteiger partial charge on any atom is 0.221 e. The van der Waals surface area contributed by atoms with Crippen molar-refractivity contribution in [1.82, 2.24) is 19.6 Å². The monoisotopic (exact) mass is 465 g/mol. The first-order valence-electron chi connectivity index (χ1n) is 11.0. The van der Waals surface area contributed by atoms with Crippen LogP contribution in [0.4, 0.5) is 9.52 Å². The van der Waals surface area contributed by atoms with E-state index >= 15 is 0 Å². The lowest BCUT2D eigenvalue weighted by molar-refractivity contribution is -0.120. The summed E-state index contributed by atoms with van der Waals surface area (Å²) in [6, 6.07) is 6.35. The van der Waals surface area contributed by atoms with Gasteiger partial charge in [0.1, 0.15) is 11.6 Å². The number of morpholine rings is 1. The average molecular weight is 466 g/mol. The van der Waals surface area contributed by atoms with E-state index < -0.39 is 0 Å². The van der Waals surface area contributed by atoms with Crippen LogP contribution in [0.25, 0.3) is 0 Å². The minimum Gasteiger partial charge on any atom is -0.383 e. The fourth-order valence-electron chi connectivity index (χ4n) is 3.41. The number of hydrogen-bond donors (Lipinski definition) is 1. The first-order chi connectivity index (χ1) is 15.6. The molecule has 0 spiro atoms. The maximum atomic E-state index is 13.1. The molecule has 32 heavy (non-hydrogen) atoms. The van der Waals surface area contributed by atoms with Crippen molar-refractivity contribution in [2.75, 3.05) is 71.1 Å². The van der Waals surface area contributed by atoms with E-state index in [9.17, 15) is 9.18 Å². The molecule has 8 nitrogen and oxygen atoms in total. The molecule has 1 aliphatic heterocycles. The summed E-state index contributed by atoms with van der Waals surface area (Å²) < 4.78 is 28.1. The van der Waals surface area contributed by atoms with Gasteiger partial charge < -0.3 is 19.7 Å². The predicted molar refractivity (Wildman–Crippen MR) is 123 cm³/mol. The van der Waals surface area contributed by atoms with Gasteiger partial charge in [0.15, 0.2) is 0 Å². The second-order valence-electron chi connectivity index (χ2n) is 7.68. The van der Waals surface area contributed by atoms with E-state index in [4.69, 9.17) is 9.47 Å². The Hall–Kier alpha value is -2.14. The molecule has 1 aliphatic rings. The summed E-state index contributed by atoms with van der Waals surface area (Å²) in [5.41, 5.74) is 0.954. The first-order valence-corrected chi connectivity index (χ1v) is 11.8. The number of carbonyl (C=O) groups excluding carboxylic acids is 1. The maximum absolute atomic E-state index is 13.1. The van der Waals surface area contributed by atoms with Crippen LogP contribution in [0.1, 0.15) is 24.2 Å². The zero-order valence-electron chi connectivity index (χ0n) is 18.6. The van der Waals surface area contributed by atoms with Crippen LogP contribution < -0.4 is 10.2 Å². The van der Waals surface area contributed by atoms with Gasteiger partial charge in [-0.1, -0.05) is 12.1 Å². The van der Waals surface area contributed by atoms with E-state index in [-0.39, 0.29) is 11.7 Å². The topological polar surface area (TPSA) is 79.8 Å². The van der Waals surface area contributed by atoms with Crippen molar-refractivity contribution < 1.29 is 18.7 Å². The highest BCUT2D eigenvalue weighted by Crippen LogP contribution is 2.19. The molecule has 1 aromatic heterocycles. The van der Waals surface area contributed by atoms with Crippen molar-refractivity contribution in [3.05, 3.63) is 41.5 Å². The van der Waals surface area contributed by atoms with Crippen molar-refractivity contribution >= 4 is 22.6 Å². The minimum absolute atomic E-state index is 0.0328. The lowest BCUT2D eigenvalue weighted by atomic mass is 10.1. The van der Waals surface area contributed by atoms with Crippen LogP contribution in [-0.2, 0) is 20.7 Å². The number of carbonyl (C=O) groups is 1. The zero-order valence-corrected chi connectivity index (χ0v) is 19.4. The summed E-state index contributed by atoms with van der Waals surface area (Å²) in [5, 5.41) is 3.77. The highest BCUT2D eigenvalue weighted by atomic mass is 32.1. The van der Waals surface area contributed by atoms with E-state index in [1.807, 2.05) is 4.90 Å². The van der Waals surface area contributed by atoms with Gasteiger partial charge in [-0.05, 0) is 30.7 Å². The molecule has 0 saturated carbocycles. The second kappa shape index (κ2) is 13.4. The number of nitrogens with zero attached hydrogens (tertiary/aromatic N) is 4. The summed E-state index contributed by atoms with van der Waals surface area (Å²) in [7, 11) is 1.65. The van der Waals surface area contributed by atoms with Crippen LogP contribution in [-0.4, -0.2) is 86.4 Å². The third kappa shape index (κ3) is 8.42. The van der Waals surface area contributed by atoms with Gasteiger partial charge in [0.05, 0.1) is 19.8 Å². The Bertz CT molecular complexity index is 814. The van der Waals surface area contributed by atoms with Crippen molar-refractivity contribution in [3.63, 3.8) is 0 Å². The van der Waals surface area contributed by atoms with Gasteiger partial charge in [0, 0.05) is 64.2 Å². The summed E-state index contributed by atoms with van der Waals surface area (Å²) >= 11 is 1.31. The average Bonchev–Trinajstić information content (AvgIpc) is 3.27. The van der Waals surface area contributed by atoms with Crippen molar-refractivity contribution in [1.29, 1.82) is 0 Å². The number of nitrogens with one attached hydrogen (secondary N) is 1. The Morgan fingerprint density at radius 3 is 2.81 bits per heavy atom. The molecule has 1 amide bonds. The third-order valence-electron chi connectivity index (χ3n) is 5.25. The summed E-state index contributed by atoms with van der Waals surface area (Å²) in [5.74, 6) is 0.461. The lowest BCUT2D eigenvalue weighted by Gasteiger charge is -2.26. The molecule has 1 saturated heterocycles. The van der Waals surface area contributed by atoms with Crippen LogP contribution in [0.2, 0.25) is 0 Å². The van der Waals surface area contributed by atoms with Crippen LogP contribution in [0.5, 0.6) is 0 Å². The standard InChI is InChI=1S/C22H32FN5O3S/c1-30-14-13-28(10-7-21(29)24-8-2-9-27-11-15-31-16-12-27)22-25-20(26-32-22)17-18-3-5-19(23)6-4-18/h3-6H,2,7-17H2,1H3,(H,24,29). The smallest absolute Gasteiger partial charge is 0.221 e. The number of ether oxygens (including phenoxy) is 2. The number of rotatable bonds is 13. The van der Waals surface area contributed by atoms with Gasteiger partial charge in [-0.3, -0.25) is 9.69 Å². The Labute approximate surface area is 192 Å². The molecule has 0 radical (unpaired) electrons. The van der Waals surface area contributed by atoms with Crippen molar-refractivity contribution in [2.24, 2.45) is 0 Å². The Morgan fingerprint density at radius 2 is 2.06 bits per heavy atom. The van der Waals surface area contributed by atoms with Crippen LogP contribution in [0.15, 0.2) is 24.3 Å². The van der Waals surface area contributed by atoms with Gasteiger partial charge in [-0.2, -0.15) is 4.37 Å². The van der Waals surface area contributed by atoms with Gasteiger partial charge in [0.2, 0.25) is 11.0 Å². The van der Waals surface area contributed by atoms with E-state index in [1.54, 1.807) is 19.2 Å². The Balaban J connectivity index is 1.43. The summed E-state index contributed by atoms with van der Waals surface area (Å²) in [4.78, 5) is 21.3. The first kappa shape index (κ1) is 24.5. The van der Waals surface area contributed by atoms with Crippen molar-refractivity contribution in [3.8, 4) is 0 Å². The molecule has 1 N–H and O–H groups in total. The number of methoxy groups -OCH3 is 1. The van der Waals surface area contributed by atoms with Crippen molar-refractivity contribution in [2.45, 2.75) is 19.3 Å². The number of hydrogen-bond acceptors (Lipinski definition) is 8. The molecule has 0 atom stereocenters. The molecule has 0 bridgehead atoms. The van der Waals surface area contributed by atoms with Gasteiger partial charge >= 0.3 is 0 Å². The van der Waals surface area contributed by atoms with Gasteiger partial charge in [-0.15, -0.1) is 0 Å². The molecule has 3 rings (SSSR count). The molecule has 176 valence electrons. The predicted octanol–water partition coefficient (Wildman–Crippen LogP) is 1.95. The summed E-state index contributed by atoms with van der Waals surface area (Å²) in [6.07, 6.45) is 1.86. The Kier molecular flexibility index (Phi) is 10.3. The van der Waals surface area contributed by atoms with Crippen LogP contribution in [0.3, 0.4) is 0 Å². The molecular weight excluding hydrogens is 433 g/mol. The molecule has 10 heteroatoms. The fourth-order valence-corrected chi connectivity index (χ4v) is 4.15. The molecular formula is C22H32FN5O3S. The van der Waals surface area contributed by atoms with Crippen LogP contribution in [0, 0.1) is 5.82 Å². The number of amides is 1. The van der Waals surface area contributed by atoms with E-state index in [0.29, 0.717) is 44.9 Å². The number of halogens is 1. The lowest BCUT2D eigenvalue weighted by Crippen LogP contribution is -2.38. The van der Waals surface area contributed by atoms with Gasteiger partial charge in [0.25, 0.3) is 0 Å². The zero-order chi connectivity index (χ0) is 22.6. The van der Waals surface area contributed by atoms with Gasteiger partial charge in [-0.25, -0.2) is 9.37 Å². The number of aromatic nitrogens is 2. The largest absolute Gasteiger partial charge is 0.383 e. The SMILES string of the molecule is COCCN(CCC(=O)NCCCN1CCOCC1)c1nc(Cc2ccc(F)cc2)ns1. The van der Waals surface area contributed by atoms with E-state index in [1.165, 1.54) is 23.7 Å².